The molecule has 1 amide bonds. The van der Waals surface area contributed by atoms with Gasteiger partial charge in [0.15, 0.2) is 5.65 Å². The largest absolute Gasteiger partial charge is 0.346 e. The number of hydrogen-bond acceptors (Lipinski definition) is 4. The molecule has 0 aliphatic heterocycles. The summed E-state index contributed by atoms with van der Waals surface area (Å²) in [5.41, 5.74) is 5.95. The van der Waals surface area contributed by atoms with E-state index in [-0.39, 0.29) is 18.5 Å². The van der Waals surface area contributed by atoms with Crippen LogP contribution in [0, 0.1) is 13.8 Å². The molecule has 0 radical (unpaired) electrons. The van der Waals surface area contributed by atoms with Crippen LogP contribution < -0.4 is 5.32 Å². The minimum Gasteiger partial charge on any atom is -0.346 e. The normalized spacial score (nSPS) is 12.3. The second-order valence-corrected chi connectivity index (χ2v) is 7.53. The maximum Gasteiger partial charge on any atom is 0.242 e. The molecular weight excluding hydrogens is 376 g/mol. The molecule has 4 rings (SSSR count). The highest BCUT2D eigenvalue weighted by Crippen LogP contribution is 2.30. The molecule has 3 aromatic heterocycles. The third-order valence-electron chi connectivity index (χ3n) is 5.33. The van der Waals surface area contributed by atoms with Gasteiger partial charge in [-0.3, -0.25) is 9.48 Å². The second kappa shape index (κ2) is 8.10. The van der Waals surface area contributed by atoms with Crippen LogP contribution in [0.15, 0.2) is 48.8 Å². The number of nitrogens with one attached hydrogen (secondary N) is 1. The fraction of sp³-hybridized carbons (Fsp3) is 0.304. The van der Waals surface area contributed by atoms with Crippen molar-refractivity contribution in [3.63, 3.8) is 0 Å². The number of fused-ring (bicyclic) bond motifs is 1. The standard InChI is InChI=1S/C23H26N6O/c1-5-28-20(11-13-25-28)16(3)26-21(30)14-29-23-22(17(4)27-29)19(10-12-24-23)18-8-6-15(2)7-9-18/h6-13,16H,5,14H2,1-4H3,(H,26,30). The Hall–Kier alpha value is -3.48. The van der Waals surface area contributed by atoms with Gasteiger partial charge in [-0.05, 0) is 51.0 Å². The summed E-state index contributed by atoms with van der Waals surface area (Å²) in [6.45, 7) is 8.89. The van der Waals surface area contributed by atoms with Crippen molar-refractivity contribution in [2.45, 2.75) is 46.8 Å². The first-order chi connectivity index (χ1) is 14.5. The Balaban J connectivity index is 1.60. The number of carbonyl (C=O) groups excluding carboxylic acids is 1. The molecule has 30 heavy (non-hydrogen) atoms. The molecule has 154 valence electrons. The van der Waals surface area contributed by atoms with Crippen LogP contribution in [0.2, 0.25) is 0 Å². The van der Waals surface area contributed by atoms with Crippen molar-refractivity contribution in [2.75, 3.05) is 0 Å². The number of rotatable bonds is 6. The molecular formula is C23H26N6O. The van der Waals surface area contributed by atoms with Gasteiger partial charge in [-0.15, -0.1) is 0 Å². The molecule has 0 spiro atoms. The van der Waals surface area contributed by atoms with Crippen molar-refractivity contribution in [1.82, 2.24) is 29.9 Å². The van der Waals surface area contributed by atoms with Crippen LogP contribution in [0.1, 0.15) is 36.8 Å². The lowest BCUT2D eigenvalue weighted by Crippen LogP contribution is -2.31. The maximum atomic E-state index is 12.7. The first-order valence-electron chi connectivity index (χ1n) is 10.2. The molecule has 1 atom stereocenters. The number of aryl methyl sites for hydroxylation is 3. The van der Waals surface area contributed by atoms with Gasteiger partial charge in [-0.2, -0.15) is 10.2 Å². The van der Waals surface area contributed by atoms with Crippen LogP contribution in [-0.4, -0.2) is 30.5 Å². The molecule has 0 bridgehead atoms. The highest BCUT2D eigenvalue weighted by Gasteiger charge is 2.18. The van der Waals surface area contributed by atoms with E-state index in [1.54, 1.807) is 17.1 Å². The van der Waals surface area contributed by atoms with E-state index in [9.17, 15) is 4.79 Å². The van der Waals surface area contributed by atoms with E-state index in [4.69, 9.17) is 0 Å². The van der Waals surface area contributed by atoms with Crippen LogP contribution >= 0.6 is 0 Å². The molecule has 0 saturated heterocycles. The SMILES string of the molecule is CCn1nccc1C(C)NC(=O)Cn1nc(C)c2c(-c3ccc(C)cc3)ccnc21. The summed E-state index contributed by atoms with van der Waals surface area (Å²) in [6.07, 6.45) is 3.53. The number of amides is 1. The Kier molecular flexibility index (Phi) is 5.35. The maximum absolute atomic E-state index is 12.7. The zero-order chi connectivity index (χ0) is 21.3. The highest BCUT2D eigenvalue weighted by atomic mass is 16.2. The van der Waals surface area contributed by atoms with Crippen molar-refractivity contribution in [3.05, 3.63) is 65.7 Å². The Morgan fingerprint density at radius 3 is 2.57 bits per heavy atom. The number of carbonyl (C=O) groups is 1. The van der Waals surface area contributed by atoms with Crippen molar-refractivity contribution < 1.29 is 4.79 Å². The fourth-order valence-electron chi connectivity index (χ4n) is 3.84. The van der Waals surface area contributed by atoms with Gasteiger partial charge in [0, 0.05) is 24.3 Å². The predicted octanol–water partition coefficient (Wildman–Crippen LogP) is 3.81. The first-order valence-corrected chi connectivity index (χ1v) is 10.2. The Labute approximate surface area is 175 Å². The topological polar surface area (TPSA) is 77.6 Å². The number of benzene rings is 1. The van der Waals surface area contributed by atoms with Crippen LogP contribution in [-0.2, 0) is 17.9 Å². The molecule has 3 heterocycles. The highest BCUT2D eigenvalue weighted by molar-refractivity contribution is 5.95. The Morgan fingerprint density at radius 2 is 1.83 bits per heavy atom. The summed E-state index contributed by atoms with van der Waals surface area (Å²) in [6, 6.07) is 12.2. The molecule has 0 fully saturated rings. The average Bonchev–Trinajstić information content (AvgIpc) is 3.33. The zero-order valence-corrected chi connectivity index (χ0v) is 17.8. The van der Waals surface area contributed by atoms with Crippen molar-refractivity contribution in [2.24, 2.45) is 0 Å². The molecule has 0 aliphatic carbocycles. The summed E-state index contributed by atoms with van der Waals surface area (Å²) in [7, 11) is 0. The molecule has 4 aromatic rings. The second-order valence-electron chi connectivity index (χ2n) is 7.53. The molecule has 1 N–H and O–H groups in total. The predicted molar refractivity (Wildman–Crippen MR) is 117 cm³/mol. The first kappa shape index (κ1) is 19.8. The molecule has 0 aliphatic rings. The molecule has 7 nitrogen and oxygen atoms in total. The summed E-state index contributed by atoms with van der Waals surface area (Å²) in [5, 5.41) is 12.9. The quantitative estimate of drug-likeness (QED) is 0.532. The van der Waals surface area contributed by atoms with Gasteiger partial charge in [0.1, 0.15) is 6.54 Å². The van der Waals surface area contributed by atoms with Gasteiger partial charge in [0.2, 0.25) is 5.91 Å². The number of nitrogens with zero attached hydrogens (tertiary/aromatic N) is 5. The van der Waals surface area contributed by atoms with Crippen LogP contribution in [0.5, 0.6) is 0 Å². The van der Waals surface area contributed by atoms with Crippen molar-refractivity contribution >= 4 is 16.9 Å². The lowest BCUT2D eigenvalue weighted by molar-refractivity contribution is -0.122. The molecule has 7 heteroatoms. The summed E-state index contributed by atoms with van der Waals surface area (Å²) in [4.78, 5) is 17.3. The van der Waals surface area contributed by atoms with E-state index in [2.05, 4.69) is 51.7 Å². The fourth-order valence-corrected chi connectivity index (χ4v) is 3.84. The van der Waals surface area contributed by atoms with Gasteiger partial charge >= 0.3 is 0 Å². The van der Waals surface area contributed by atoms with Gasteiger partial charge in [0.05, 0.1) is 17.4 Å². The third-order valence-corrected chi connectivity index (χ3v) is 5.33. The van der Waals surface area contributed by atoms with E-state index in [0.717, 1.165) is 34.4 Å². The zero-order valence-electron chi connectivity index (χ0n) is 17.8. The summed E-state index contributed by atoms with van der Waals surface area (Å²) < 4.78 is 3.56. The molecule has 0 saturated carbocycles. The van der Waals surface area contributed by atoms with E-state index in [1.807, 2.05) is 37.6 Å². The van der Waals surface area contributed by atoms with E-state index in [0.29, 0.717) is 5.65 Å². The smallest absolute Gasteiger partial charge is 0.242 e. The van der Waals surface area contributed by atoms with E-state index in [1.165, 1.54) is 5.56 Å². The van der Waals surface area contributed by atoms with Gasteiger partial charge in [-0.25, -0.2) is 9.67 Å². The van der Waals surface area contributed by atoms with Gasteiger partial charge < -0.3 is 5.32 Å². The Morgan fingerprint density at radius 1 is 1.07 bits per heavy atom. The third kappa shape index (κ3) is 3.70. The summed E-state index contributed by atoms with van der Waals surface area (Å²) in [5.74, 6) is -0.113. The minimum absolute atomic E-state index is 0.110. The van der Waals surface area contributed by atoms with Crippen LogP contribution in [0.3, 0.4) is 0 Å². The Bertz CT molecular complexity index is 1190. The lowest BCUT2D eigenvalue weighted by Gasteiger charge is -2.15. The van der Waals surface area contributed by atoms with Crippen LogP contribution in [0.25, 0.3) is 22.2 Å². The monoisotopic (exact) mass is 402 g/mol. The molecule has 1 unspecified atom stereocenters. The van der Waals surface area contributed by atoms with E-state index < -0.39 is 0 Å². The number of hydrogen-bond donors (Lipinski definition) is 1. The van der Waals surface area contributed by atoms with Crippen LogP contribution in [0.4, 0.5) is 0 Å². The average molecular weight is 403 g/mol. The van der Waals surface area contributed by atoms with Crippen molar-refractivity contribution in [3.8, 4) is 11.1 Å². The van der Waals surface area contributed by atoms with Crippen molar-refractivity contribution in [1.29, 1.82) is 0 Å². The number of pyridine rings is 1. The number of aromatic nitrogens is 5. The van der Waals surface area contributed by atoms with E-state index >= 15 is 0 Å². The molecule has 1 aromatic carbocycles. The minimum atomic E-state index is -0.140. The van der Waals surface area contributed by atoms with Gasteiger partial charge in [-0.1, -0.05) is 29.8 Å². The summed E-state index contributed by atoms with van der Waals surface area (Å²) >= 11 is 0. The lowest BCUT2D eigenvalue weighted by atomic mass is 10.0. The van der Waals surface area contributed by atoms with Gasteiger partial charge in [0.25, 0.3) is 0 Å².